The fourth-order valence-corrected chi connectivity index (χ4v) is 6.23. The Balaban J connectivity index is 0.000000318. The van der Waals surface area contributed by atoms with Crippen LogP contribution in [0.1, 0.15) is 37.7 Å². The van der Waals surface area contributed by atoms with Crippen LogP contribution in [0.3, 0.4) is 0 Å². The largest absolute Gasteiger partial charge is 0.490 e. The van der Waals surface area contributed by atoms with Gasteiger partial charge in [0.2, 0.25) is 10.0 Å². The molecule has 1 aromatic heterocycles. The van der Waals surface area contributed by atoms with Crippen molar-refractivity contribution in [1.29, 1.82) is 0 Å². The summed E-state index contributed by atoms with van der Waals surface area (Å²) in [5, 5.41) is 11.3. The summed E-state index contributed by atoms with van der Waals surface area (Å²) in [5.41, 5.74) is 1.41. The van der Waals surface area contributed by atoms with E-state index in [4.69, 9.17) is 9.90 Å². The Labute approximate surface area is 173 Å². The van der Waals surface area contributed by atoms with Crippen LogP contribution in [0.25, 0.3) is 0 Å². The number of rotatable bonds is 4. The van der Waals surface area contributed by atoms with E-state index in [0.29, 0.717) is 0 Å². The van der Waals surface area contributed by atoms with Crippen molar-refractivity contribution < 1.29 is 31.5 Å². The molecule has 0 amide bonds. The second-order valence-electron chi connectivity index (χ2n) is 8.47. The van der Waals surface area contributed by atoms with Gasteiger partial charge < -0.3 is 5.11 Å². The Morgan fingerprint density at radius 2 is 1.93 bits per heavy atom. The van der Waals surface area contributed by atoms with Crippen molar-refractivity contribution in [3.05, 3.63) is 18.0 Å². The van der Waals surface area contributed by atoms with Crippen LogP contribution in [0.5, 0.6) is 0 Å². The Hall–Kier alpha value is -1.66. The molecule has 1 aliphatic carbocycles. The Kier molecular flexibility index (Phi) is 6.49. The number of carboxylic acid groups (broad SMARTS) is 1. The van der Waals surface area contributed by atoms with Gasteiger partial charge in [0.05, 0.1) is 11.4 Å². The maximum atomic E-state index is 12.5. The summed E-state index contributed by atoms with van der Waals surface area (Å²) in [6, 6.07) is 0. The fourth-order valence-electron chi connectivity index (χ4n) is 4.28. The third kappa shape index (κ3) is 5.52. The number of hydrogen-bond donors (Lipinski definition) is 1. The van der Waals surface area contributed by atoms with Crippen LogP contribution in [-0.2, 0) is 28.4 Å². The monoisotopic (exact) mass is 452 g/mol. The molecule has 1 saturated carbocycles. The van der Waals surface area contributed by atoms with Gasteiger partial charge in [-0.05, 0) is 44.1 Å². The molecule has 1 spiro atoms. The number of sulfonamides is 1. The van der Waals surface area contributed by atoms with Gasteiger partial charge in [0.25, 0.3) is 0 Å². The molecule has 2 saturated heterocycles. The van der Waals surface area contributed by atoms with E-state index in [-0.39, 0.29) is 10.7 Å². The lowest BCUT2D eigenvalue weighted by molar-refractivity contribution is -0.192. The molecular formula is C18H27F3N4O4S. The van der Waals surface area contributed by atoms with Crippen molar-refractivity contribution in [3.63, 3.8) is 0 Å². The van der Waals surface area contributed by atoms with Crippen LogP contribution >= 0.6 is 0 Å². The number of aromatic nitrogens is 2. The van der Waals surface area contributed by atoms with E-state index in [1.807, 2.05) is 17.9 Å². The quantitative estimate of drug-likeness (QED) is 0.749. The zero-order chi connectivity index (χ0) is 22.2. The molecule has 170 valence electrons. The van der Waals surface area contributed by atoms with Crippen LogP contribution in [-0.4, -0.2) is 76.1 Å². The van der Waals surface area contributed by atoms with Crippen LogP contribution in [0.2, 0.25) is 0 Å². The maximum Gasteiger partial charge on any atom is 0.490 e. The van der Waals surface area contributed by atoms with E-state index in [1.54, 1.807) is 4.31 Å². The van der Waals surface area contributed by atoms with Crippen LogP contribution in [0.15, 0.2) is 12.4 Å². The van der Waals surface area contributed by atoms with Crippen LogP contribution in [0.4, 0.5) is 13.2 Å². The van der Waals surface area contributed by atoms with Crippen molar-refractivity contribution >= 4 is 16.0 Å². The number of halogens is 3. The molecule has 3 heterocycles. The summed E-state index contributed by atoms with van der Waals surface area (Å²) in [7, 11) is -1.07. The molecule has 0 aromatic carbocycles. The molecule has 0 radical (unpaired) electrons. The number of hydrogen-bond acceptors (Lipinski definition) is 5. The highest BCUT2D eigenvalue weighted by Crippen LogP contribution is 2.42. The normalized spacial score (nSPS) is 25.9. The number of aryl methyl sites for hydroxylation is 1. The van der Waals surface area contributed by atoms with Crippen LogP contribution < -0.4 is 0 Å². The van der Waals surface area contributed by atoms with E-state index >= 15 is 0 Å². The van der Waals surface area contributed by atoms with Crippen molar-refractivity contribution in [1.82, 2.24) is 19.0 Å². The third-order valence-corrected chi connectivity index (χ3v) is 8.20. The highest BCUT2D eigenvalue weighted by Gasteiger charge is 2.48. The summed E-state index contributed by atoms with van der Waals surface area (Å²) in [6.45, 7) is 4.49. The number of likely N-dealkylation sites (tertiary alicyclic amines) is 1. The maximum absolute atomic E-state index is 12.5. The molecule has 12 heteroatoms. The first-order valence-electron chi connectivity index (χ1n) is 9.90. The van der Waals surface area contributed by atoms with Crippen molar-refractivity contribution in [2.24, 2.45) is 12.5 Å². The van der Waals surface area contributed by atoms with Crippen molar-refractivity contribution in [2.45, 2.75) is 50.1 Å². The lowest BCUT2D eigenvalue weighted by atomic mass is 9.79. The van der Waals surface area contributed by atoms with Gasteiger partial charge in [-0.2, -0.15) is 18.3 Å². The second kappa shape index (κ2) is 8.46. The Morgan fingerprint density at radius 3 is 2.47 bits per heavy atom. The smallest absolute Gasteiger partial charge is 0.475 e. The van der Waals surface area contributed by atoms with Gasteiger partial charge in [-0.25, -0.2) is 17.5 Å². The molecule has 1 unspecified atom stereocenters. The first-order chi connectivity index (χ1) is 13.9. The minimum atomic E-state index is -5.08. The van der Waals surface area contributed by atoms with Gasteiger partial charge >= 0.3 is 12.1 Å². The predicted molar refractivity (Wildman–Crippen MR) is 102 cm³/mol. The molecule has 3 aliphatic rings. The summed E-state index contributed by atoms with van der Waals surface area (Å²) in [5.74, 6) is -2.76. The third-order valence-electron chi connectivity index (χ3n) is 5.86. The second-order valence-corrected chi connectivity index (χ2v) is 10.7. The van der Waals surface area contributed by atoms with Crippen LogP contribution in [0, 0.1) is 5.41 Å². The molecule has 30 heavy (non-hydrogen) atoms. The molecule has 0 bridgehead atoms. The first-order valence-corrected chi connectivity index (χ1v) is 11.4. The lowest BCUT2D eigenvalue weighted by Gasteiger charge is -2.40. The molecular weight excluding hydrogens is 425 g/mol. The zero-order valence-corrected chi connectivity index (χ0v) is 17.6. The first kappa shape index (κ1) is 23.0. The molecule has 3 fully saturated rings. The molecule has 1 aromatic rings. The topological polar surface area (TPSA) is 95.7 Å². The number of aliphatic carboxylic acids is 1. The molecule has 8 nitrogen and oxygen atoms in total. The van der Waals surface area contributed by atoms with Gasteiger partial charge in [-0.15, -0.1) is 0 Å². The van der Waals surface area contributed by atoms with E-state index < -0.39 is 22.2 Å². The summed E-state index contributed by atoms with van der Waals surface area (Å²) in [4.78, 5) is 11.4. The Morgan fingerprint density at radius 1 is 1.27 bits per heavy atom. The fraction of sp³-hybridized carbons (Fsp3) is 0.778. The highest BCUT2D eigenvalue weighted by atomic mass is 32.2. The number of carboxylic acids is 1. The average Bonchev–Trinajstić information content (AvgIpc) is 3.33. The average molecular weight is 452 g/mol. The number of carbonyl (C=O) groups is 1. The molecule has 1 atom stereocenters. The SMILES string of the molecule is Cn1cc(CN2CCCC3(CCN(S(=O)(=O)C4CC4)C3)C2)cn1.O=C(O)C(F)(F)F. The number of nitrogens with zero attached hydrogens (tertiary/aromatic N) is 4. The van der Waals surface area contributed by atoms with Gasteiger partial charge in [-0.3, -0.25) is 9.58 Å². The molecule has 4 rings (SSSR count). The summed E-state index contributed by atoms with van der Waals surface area (Å²) < 4.78 is 60.4. The zero-order valence-electron chi connectivity index (χ0n) is 16.8. The highest BCUT2D eigenvalue weighted by molar-refractivity contribution is 7.90. The van der Waals surface area contributed by atoms with E-state index in [0.717, 1.165) is 64.8 Å². The van der Waals surface area contributed by atoms with E-state index in [1.165, 1.54) is 5.56 Å². The van der Waals surface area contributed by atoms with E-state index in [2.05, 4.69) is 16.2 Å². The van der Waals surface area contributed by atoms with Gasteiger partial charge in [0.1, 0.15) is 0 Å². The van der Waals surface area contributed by atoms with Gasteiger partial charge in [0, 0.05) is 45.0 Å². The number of piperidine rings is 1. The van der Waals surface area contributed by atoms with Crippen molar-refractivity contribution in [3.8, 4) is 0 Å². The lowest BCUT2D eigenvalue weighted by Crippen LogP contribution is -2.45. The Bertz CT molecular complexity index is 869. The summed E-state index contributed by atoms with van der Waals surface area (Å²) >= 11 is 0. The standard InChI is InChI=1S/C16H26N4O2S.C2HF3O2/c1-18-10-14(9-17-18)11-19-7-2-5-16(12-19)6-8-20(13-16)23(21,22)15-3-4-15;3-2(4,5)1(6)7/h9-10,15H,2-8,11-13H2,1H3;(H,6,7). The number of alkyl halides is 3. The van der Waals surface area contributed by atoms with E-state index in [9.17, 15) is 21.6 Å². The predicted octanol–water partition coefficient (Wildman–Crippen LogP) is 1.83. The minimum Gasteiger partial charge on any atom is -0.475 e. The van der Waals surface area contributed by atoms with Gasteiger partial charge in [-0.1, -0.05) is 0 Å². The summed E-state index contributed by atoms with van der Waals surface area (Å²) in [6.07, 6.45) is 3.98. The van der Waals surface area contributed by atoms with Crippen molar-refractivity contribution in [2.75, 3.05) is 26.2 Å². The minimum absolute atomic E-state index is 0.0762. The van der Waals surface area contributed by atoms with Gasteiger partial charge in [0.15, 0.2) is 0 Å². The molecule has 1 N–H and O–H groups in total. The molecule has 2 aliphatic heterocycles.